The Morgan fingerprint density at radius 3 is 2.47 bits per heavy atom. The summed E-state index contributed by atoms with van der Waals surface area (Å²) in [5, 5.41) is 9.70. The van der Waals surface area contributed by atoms with Gasteiger partial charge in [-0.3, -0.25) is 4.90 Å². The highest BCUT2D eigenvalue weighted by atomic mass is 16.7. The van der Waals surface area contributed by atoms with Crippen molar-refractivity contribution in [1.29, 1.82) is 5.26 Å². The minimum absolute atomic E-state index is 0.142. The maximum absolute atomic E-state index is 13.1. The number of fused-ring (bicyclic) bond motifs is 1. The van der Waals surface area contributed by atoms with Gasteiger partial charge in [-0.1, -0.05) is 30.3 Å². The minimum atomic E-state index is -1.10. The first-order chi connectivity index (χ1) is 15.5. The molecule has 1 aliphatic heterocycles. The molecule has 3 aromatic rings. The van der Waals surface area contributed by atoms with E-state index in [1.165, 1.54) is 4.90 Å². The molecule has 32 heavy (non-hydrogen) atoms. The van der Waals surface area contributed by atoms with Crippen LogP contribution in [0.1, 0.15) is 25.5 Å². The van der Waals surface area contributed by atoms with E-state index in [1.54, 1.807) is 42.5 Å². The van der Waals surface area contributed by atoms with Gasteiger partial charge in [0.25, 0.3) is 0 Å². The summed E-state index contributed by atoms with van der Waals surface area (Å²) in [5.74, 6) is 2.39. The Balaban J connectivity index is 1.53. The van der Waals surface area contributed by atoms with E-state index in [1.807, 2.05) is 44.2 Å². The number of rotatable bonds is 6. The zero-order valence-corrected chi connectivity index (χ0v) is 17.7. The summed E-state index contributed by atoms with van der Waals surface area (Å²) < 4.78 is 22.2. The van der Waals surface area contributed by atoms with Crippen LogP contribution in [0.3, 0.4) is 0 Å². The second-order valence-electron chi connectivity index (χ2n) is 7.38. The Bertz CT molecular complexity index is 1140. The Hall–Kier alpha value is -4.18. The average Bonchev–Trinajstić information content (AvgIpc) is 3.26. The quantitative estimate of drug-likeness (QED) is 0.490. The van der Waals surface area contributed by atoms with Gasteiger partial charge in [-0.25, -0.2) is 4.79 Å². The fraction of sp³-hybridized carbons (Fsp3) is 0.200. The number of nitriles is 1. The summed E-state index contributed by atoms with van der Waals surface area (Å²) in [6, 6.07) is 23.3. The van der Waals surface area contributed by atoms with Crippen LogP contribution in [0.4, 0.5) is 10.5 Å². The zero-order valence-electron chi connectivity index (χ0n) is 17.7. The molecule has 1 unspecified atom stereocenters. The Labute approximate surface area is 186 Å². The molecule has 0 saturated carbocycles. The van der Waals surface area contributed by atoms with Gasteiger partial charge in [-0.15, -0.1) is 0 Å². The monoisotopic (exact) mass is 430 g/mol. The number of carbonyl (C=O) groups excluding carboxylic acids is 1. The van der Waals surface area contributed by atoms with Crippen LogP contribution in [0.2, 0.25) is 0 Å². The van der Waals surface area contributed by atoms with Crippen LogP contribution in [0.15, 0.2) is 72.8 Å². The molecule has 0 spiro atoms. The lowest BCUT2D eigenvalue weighted by Crippen LogP contribution is -2.38. The fourth-order valence-electron chi connectivity index (χ4n) is 3.34. The van der Waals surface area contributed by atoms with Crippen molar-refractivity contribution in [2.45, 2.75) is 26.0 Å². The molecule has 7 nitrogen and oxygen atoms in total. The molecule has 0 aliphatic carbocycles. The molecule has 0 saturated heterocycles. The molecule has 1 atom stereocenters. The van der Waals surface area contributed by atoms with E-state index in [-0.39, 0.29) is 12.8 Å². The van der Waals surface area contributed by atoms with Crippen LogP contribution >= 0.6 is 0 Å². The third-order valence-corrected chi connectivity index (χ3v) is 4.82. The summed E-state index contributed by atoms with van der Waals surface area (Å²) in [6.45, 7) is 3.87. The Morgan fingerprint density at radius 1 is 0.969 bits per heavy atom. The molecule has 4 rings (SSSR count). The summed E-state index contributed by atoms with van der Waals surface area (Å²) in [6.07, 6.45) is -1.74. The summed E-state index contributed by atoms with van der Waals surface area (Å²) >= 11 is 0. The molecule has 0 bridgehead atoms. The van der Waals surface area contributed by atoms with E-state index in [0.717, 1.165) is 0 Å². The minimum Gasteiger partial charge on any atom is -0.457 e. The van der Waals surface area contributed by atoms with Gasteiger partial charge in [0.2, 0.25) is 12.9 Å². The van der Waals surface area contributed by atoms with Crippen molar-refractivity contribution in [3.63, 3.8) is 0 Å². The Kier molecular flexibility index (Phi) is 6.13. The number of carbonyl (C=O) groups is 1. The first-order valence-electron chi connectivity index (χ1n) is 10.2. The second kappa shape index (κ2) is 9.31. The maximum atomic E-state index is 13.1. The molecule has 1 heterocycles. The van der Waals surface area contributed by atoms with E-state index >= 15 is 0 Å². The standard InChI is InChI=1S/C25H22N2O5/c1-17(2)27(19-11-12-22-23(14-19)30-16-29-22)25(28)32-24(15-26)18-7-6-10-21(13-18)31-20-8-4-3-5-9-20/h3-14,17,24H,16H2,1-2H3. The predicted molar refractivity (Wildman–Crippen MR) is 118 cm³/mol. The topological polar surface area (TPSA) is 81.0 Å². The molecule has 0 radical (unpaired) electrons. The van der Waals surface area contributed by atoms with Gasteiger partial charge < -0.3 is 18.9 Å². The number of anilines is 1. The van der Waals surface area contributed by atoms with Gasteiger partial charge in [-0.2, -0.15) is 5.26 Å². The highest BCUT2D eigenvalue weighted by molar-refractivity contribution is 5.89. The molecule has 162 valence electrons. The van der Waals surface area contributed by atoms with Crippen LogP contribution in [-0.4, -0.2) is 18.9 Å². The number of ether oxygens (including phenoxy) is 4. The summed E-state index contributed by atoms with van der Waals surface area (Å²) in [5.41, 5.74) is 1.11. The molecule has 7 heteroatoms. The highest BCUT2D eigenvalue weighted by Crippen LogP contribution is 2.36. The van der Waals surface area contributed by atoms with Crippen molar-refractivity contribution < 1.29 is 23.7 Å². The average molecular weight is 430 g/mol. The zero-order chi connectivity index (χ0) is 22.5. The molecule has 1 aliphatic rings. The number of hydrogen-bond acceptors (Lipinski definition) is 6. The number of amides is 1. The van der Waals surface area contributed by atoms with Crippen molar-refractivity contribution in [1.82, 2.24) is 0 Å². The van der Waals surface area contributed by atoms with E-state index in [9.17, 15) is 10.1 Å². The first kappa shape index (κ1) is 21.1. The van der Waals surface area contributed by atoms with Crippen molar-refractivity contribution >= 4 is 11.8 Å². The van der Waals surface area contributed by atoms with E-state index in [2.05, 4.69) is 6.07 Å². The van der Waals surface area contributed by atoms with Gasteiger partial charge >= 0.3 is 6.09 Å². The van der Waals surface area contributed by atoms with Crippen molar-refractivity contribution in [3.05, 3.63) is 78.4 Å². The fourth-order valence-corrected chi connectivity index (χ4v) is 3.34. The van der Waals surface area contributed by atoms with Crippen molar-refractivity contribution in [3.8, 4) is 29.1 Å². The van der Waals surface area contributed by atoms with Crippen LogP contribution < -0.4 is 19.1 Å². The maximum Gasteiger partial charge on any atom is 0.416 e. The van der Waals surface area contributed by atoms with E-state index in [0.29, 0.717) is 34.2 Å². The molecule has 0 N–H and O–H groups in total. The molecule has 1 amide bonds. The smallest absolute Gasteiger partial charge is 0.416 e. The third-order valence-electron chi connectivity index (χ3n) is 4.82. The van der Waals surface area contributed by atoms with Crippen LogP contribution in [0, 0.1) is 11.3 Å². The highest BCUT2D eigenvalue weighted by Gasteiger charge is 2.27. The van der Waals surface area contributed by atoms with E-state index in [4.69, 9.17) is 18.9 Å². The second-order valence-corrected chi connectivity index (χ2v) is 7.38. The lowest BCUT2D eigenvalue weighted by molar-refractivity contribution is 0.128. The predicted octanol–water partition coefficient (Wildman–Crippen LogP) is 5.82. The summed E-state index contributed by atoms with van der Waals surface area (Å²) in [4.78, 5) is 14.5. The molecule has 3 aromatic carbocycles. The number of para-hydroxylation sites is 1. The molecular weight excluding hydrogens is 408 g/mol. The van der Waals surface area contributed by atoms with Crippen LogP contribution in [0.25, 0.3) is 0 Å². The normalized spacial score (nSPS) is 12.7. The van der Waals surface area contributed by atoms with Crippen molar-refractivity contribution in [2.75, 3.05) is 11.7 Å². The van der Waals surface area contributed by atoms with Gasteiger partial charge in [0.15, 0.2) is 11.5 Å². The van der Waals surface area contributed by atoms with Gasteiger partial charge in [0, 0.05) is 17.7 Å². The van der Waals surface area contributed by atoms with Crippen LogP contribution in [0.5, 0.6) is 23.0 Å². The molecule has 0 fully saturated rings. The van der Waals surface area contributed by atoms with Gasteiger partial charge in [0.05, 0.1) is 5.69 Å². The number of nitrogens with zero attached hydrogens (tertiary/aromatic N) is 2. The SMILES string of the molecule is CC(C)N(C(=O)OC(C#N)c1cccc(Oc2ccccc2)c1)c1ccc2c(c1)OCO2. The lowest BCUT2D eigenvalue weighted by Gasteiger charge is -2.27. The molecule has 0 aromatic heterocycles. The number of hydrogen-bond donors (Lipinski definition) is 0. The van der Waals surface area contributed by atoms with Gasteiger partial charge in [-0.05, 0) is 50.2 Å². The number of benzene rings is 3. The summed E-state index contributed by atoms with van der Waals surface area (Å²) in [7, 11) is 0. The van der Waals surface area contributed by atoms with Crippen molar-refractivity contribution in [2.24, 2.45) is 0 Å². The Morgan fingerprint density at radius 2 is 1.72 bits per heavy atom. The largest absolute Gasteiger partial charge is 0.457 e. The first-order valence-corrected chi connectivity index (χ1v) is 10.2. The van der Waals surface area contributed by atoms with E-state index < -0.39 is 12.2 Å². The lowest BCUT2D eigenvalue weighted by atomic mass is 10.1. The molecular formula is C25H22N2O5. The third kappa shape index (κ3) is 4.60. The van der Waals surface area contributed by atoms with Gasteiger partial charge in [0.1, 0.15) is 17.6 Å². The van der Waals surface area contributed by atoms with Crippen LogP contribution in [-0.2, 0) is 4.74 Å².